The maximum atomic E-state index is 12.1. The van der Waals surface area contributed by atoms with E-state index in [0.29, 0.717) is 9.90 Å². The summed E-state index contributed by atoms with van der Waals surface area (Å²) in [6.07, 6.45) is 4.98. The van der Waals surface area contributed by atoms with Gasteiger partial charge in [-0.15, -0.1) is 16.4 Å². The highest BCUT2D eigenvalue weighted by atomic mass is 32.2. The molecule has 0 radical (unpaired) electrons. The quantitative estimate of drug-likeness (QED) is 0.763. The molecule has 0 saturated heterocycles. The summed E-state index contributed by atoms with van der Waals surface area (Å²) in [6, 6.07) is 7.00. The van der Waals surface area contributed by atoms with Gasteiger partial charge in [-0.1, -0.05) is 5.21 Å². The van der Waals surface area contributed by atoms with E-state index in [1.165, 1.54) is 11.3 Å². The summed E-state index contributed by atoms with van der Waals surface area (Å²) in [5, 5.41) is 7.91. The summed E-state index contributed by atoms with van der Waals surface area (Å²) in [4.78, 5) is 4.95. The monoisotopic (exact) mass is 335 g/mol. The van der Waals surface area contributed by atoms with Crippen molar-refractivity contribution in [3.63, 3.8) is 0 Å². The van der Waals surface area contributed by atoms with Crippen LogP contribution in [0.25, 0.3) is 5.69 Å². The fraction of sp³-hybridized carbons (Fsp3) is 0.154. The van der Waals surface area contributed by atoms with Crippen LogP contribution in [0.5, 0.6) is 0 Å². The minimum atomic E-state index is -3.51. The lowest BCUT2D eigenvalue weighted by atomic mass is 10.4. The first kappa shape index (κ1) is 14.8. The summed E-state index contributed by atoms with van der Waals surface area (Å²) in [5.41, 5.74) is 1.29. The fourth-order valence-corrected chi connectivity index (χ4v) is 4.12. The smallest absolute Gasteiger partial charge is 0.250 e. The van der Waals surface area contributed by atoms with Gasteiger partial charge in [0.2, 0.25) is 10.0 Å². The Morgan fingerprint density at radius 1 is 1.32 bits per heavy atom. The first-order valence-corrected chi connectivity index (χ1v) is 8.72. The Hall–Kier alpha value is -2.10. The molecule has 0 aliphatic heterocycles. The lowest BCUT2D eigenvalue weighted by molar-refractivity contribution is 0.582. The first-order chi connectivity index (χ1) is 10.5. The number of hydrogen-bond acceptors (Lipinski definition) is 6. The highest BCUT2D eigenvalue weighted by Crippen LogP contribution is 2.20. The topological polar surface area (TPSA) is 89.8 Å². The molecule has 114 valence electrons. The molecule has 0 saturated carbocycles. The van der Waals surface area contributed by atoms with Crippen LogP contribution < -0.4 is 4.72 Å². The lowest BCUT2D eigenvalue weighted by Crippen LogP contribution is -2.22. The molecule has 3 aromatic rings. The van der Waals surface area contributed by atoms with Crippen LogP contribution in [0.3, 0.4) is 0 Å². The molecule has 0 bridgehead atoms. The average molecular weight is 335 g/mol. The maximum absolute atomic E-state index is 12.1. The van der Waals surface area contributed by atoms with Crippen molar-refractivity contribution in [2.45, 2.75) is 17.7 Å². The van der Waals surface area contributed by atoms with Crippen LogP contribution in [0.1, 0.15) is 10.6 Å². The molecule has 0 unspecified atom stereocenters. The largest absolute Gasteiger partial charge is 0.262 e. The zero-order chi connectivity index (χ0) is 15.6. The van der Waals surface area contributed by atoms with Crippen molar-refractivity contribution in [2.24, 2.45) is 0 Å². The highest BCUT2D eigenvalue weighted by molar-refractivity contribution is 7.91. The number of thiophene rings is 1. The second-order valence-electron chi connectivity index (χ2n) is 4.56. The summed E-state index contributed by atoms with van der Waals surface area (Å²) in [5.74, 6) is 0. The van der Waals surface area contributed by atoms with Crippen LogP contribution in [0.4, 0.5) is 0 Å². The van der Waals surface area contributed by atoms with Gasteiger partial charge in [0, 0.05) is 11.1 Å². The Balaban J connectivity index is 1.71. The molecule has 0 fully saturated rings. The van der Waals surface area contributed by atoms with Crippen molar-refractivity contribution in [3.05, 3.63) is 53.4 Å². The molecule has 0 atom stereocenters. The maximum Gasteiger partial charge on any atom is 0.250 e. The van der Waals surface area contributed by atoms with E-state index in [9.17, 15) is 8.42 Å². The predicted octanol–water partition coefficient (Wildman–Crippen LogP) is 1.51. The Bertz CT molecular complexity index is 871. The third kappa shape index (κ3) is 3.21. The van der Waals surface area contributed by atoms with Crippen LogP contribution in [0.2, 0.25) is 0 Å². The SMILES string of the molecule is Cc1ccc(S(=O)(=O)NCc2cn(-c3cccnc3)nn2)s1. The van der Waals surface area contributed by atoms with Crippen molar-refractivity contribution in [3.8, 4) is 5.69 Å². The second kappa shape index (κ2) is 5.95. The van der Waals surface area contributed by atoms with E-state index in [1.807, 2.05) is 13.0 Å². The van der Waals surface area contributed by atoms with Crippen LogP contribution in [0.15, 0.2) is 47.1 Å². The summed E-state index contributed by atoms with van der Waals surface area (Å²) >= 11 is 1.23. The molecule has 0 amide bonds. The lowest BCUT2D eigenvalue weighted by Gasteiger charge is -2.01. The van der Waals surface area contributed by atoms with Crippen LogP contribution >= 0.6 is 11.3 Å². The van der Waals surface area contributed by atoms with Gasteiger partial charge in [0.1, 0.15) is 4.21 Å². The third-order valence-electron chi connectivity index (χ3n) is 2.88. The molecule has 3 rings (SSSR count). The molecule has 3 aromatic heterocycles. The van der Waals surface area contributed by atoms with E-state index in [4.69, 9.17) is 0 Å². The summed E-state index contributed by atoms with van der Waals surface area (Å²) in [6.45, 7) is 1.95. The van der Waals surface area contributed by atoms with E-state index in [2.05, 4.69) is 20.0 Å². The Kier molecular flexibility index (Phi) is 4.01. The van der Waals surface area contributed by atoms with Gasteiger partial charge < -0.3 is 0 Å². The molecule has 0 spiro atoms. The number of sulfonamides is 1. The number of nitrogens with zero attached hydrogens (tertiary/aromatic N) is 4. The number of aryl methyl sites for hydroxylation is 1. The van der Waals surface area contributed by atoms with E-state index in [1.54, 1.807) is 41.5 Å². The molecule has 9 heteroatoms. The standard InChI is InChI=1S/C13H13N5O2S2/c1-10-4-5-13(21-10)22(19,20)15-7-11-9-18(17-16-11)12-3-2-6-14-8-12/h2-6,8-9,15H,7H2,1H3. The van der Waals surface area contributed by atoms with Gasteiger partial charge in [0.05, 0.1) is 30.3 Å². The Morgan fingerprint density at radius 2 is 2.18 bits per heavy atom. The van der Waals surface area contributed by atoms with E-state index in [-0.39, 0.29) is 6.54 Å². The van der Waals surface area contributed by atoms with Gasteiger partial charge in [-0.25, -0.2) is 17.8 Å². The van der Waals surface area contributed by atoms with Crippen molar-refractivity contribution in [2.75, 3.05) is 0 Å². The van der Waals surface area contributed by atoms with Crippen molar-refractivity contribution in [1.29, 1.82) is 0 Å². The van der Waals surface area contributed by atoms with E-state index in [0.717, 1.165) is 10.6 Å². The summed E-state index contributed by atoms with van der Waals surface area (Å²) < 4.78 is 28.6. The van der Waals surface area contributed by atoms with Crippen LogP contribution in [-0.4, -0.2) is 28.4 Å². The molecule has 0 aromatic carbocycles. The van der Waals surface area contributed by atoms with Gasteiger partial charge in [-0.2, -0.15) is 0 Å². The van der Waals surface area contributed by atoms with Gasteiger partial charge in [-0.05, 0) is 31.2 Å². The molecule has 0 aliphatic carbocycles. The number of nitrogens with one attached hydrogen (secondary N) is 1. The molecule has 22 heavy (non-hydrogen) atoms. The van der Waals surface area contributed by atoms with E-state index < -0.39 is 10.0 Å². The normalized spacial score (nSPS) is 11.7. The summed E-state index contributed by atoms with van der Waals surface area (Å²) in [7, 11) is -3.51. The van der Waals surface area contributed by atoms with Crippen LogP contribution in [0, 0.1) is 6.92 Å². The third-order valence-corrected chi connectivity index (χ3v) is 5.77. The van der Waals surface area contributed by atoms with Crippen molar-refractivity contribution < 1.29 is 8.42 Å². The minimum absolute atomic E-state index is 0.0829. The molecule has 3 heterocycles. The van der Waals surface area contributed by atoms with Gasteiger partial charge in [0.15, 0.2) is 0 Å². The zero-order valence-corrected chi connectivity index (χ0v) is 13.3. The Morgan fingerprint density at radius 3 is 2.86 bits per heavy atom. The second-order valence-corrected chi connectivity index (χ2v) is 7.84. The minimum Gasteiger partial charge on any atom is -0.262 e. The zero-order valence-electron chi connectivity index (χ0n) is 11.7. The molecule has 0 aliphatic rings. The number of pyridine rings is 1. The number of rotatable bonds is 5. The average Bonchev–Trinajstić information content (AvgIpc) is 3.15. The molecular weight excluding hydrogens is 322 g/mol. The van der Waals surface area contributed by atoms with Gasteiger partial charge >= 0.3 is 0 Å². The van der Waals surface area contributed by atoms with Crippen LogP contribution in [-0.2, 0) is 16.6 Å². The highest BCUT2D eigenvalue weighted by Gasteiger charge is 2.16. The van der Waals surface area contributed by atoms with Crippen molar-refractivity contribution >= 4 is 21.4 Å². The van der Waals surface area contributed by atoms with Gasteiger partial charge in [0.25, 0.3) is 0 Å². The molecule has 1 N–H and O–H groups in total. The fourth-order valence-electron chi connectivity index (χ4n) is 1.79. The van der Waals surface area contributed by atoms with Gasteiger partial charge in [-0.3, -0.25) is 4.98 Å². The number of hydrogen-bond donors (Lipinski definition) is 1. The van der Waals surface area contributed by atoms with E-state index >= 15 is 0 Å². The number of aromatic nitrogens is 4. The Labute approximate surface area is 131 Å². The molecular formula is C13H13N5O2S2. The predicted molar refractivity (Wildman–Crippen MR) is 82.2 cm³/mol. The molecule has 7 nitrogen and oxygen atoms in total. The first-order valence-electron chi connectivity index (χ1n) is 6.42. The van der Waals surface area contributed by atoms with Crippen molar-refractivity contribution in [1.82, 2.24) is 24.7 Å².